The molecule has 1 aromatic carbocycles. The van der Waals surface area contributed by atoms with Crippen LogP contribution < -0.4 is 5.11 Å². The normalized spacial score (nSPS) is 10.5. The number of hydrogen-bond donors (Lipinski definition) is 0. The SMILES string of the molecule is Cn1c(SCCC(=O)[O-])nnc1-c1ccccc1. The van der Waals surface area contributed by atoms with Crippen molar-refractivity contribution >= 4 is 17.7 Å². The van der Waals surface area contributed by atoms with Gasteiger partial charge in [-0.3, -0.25) is 0 Å². The minimum absolute atomic E-state index is 0.0121. The predicted molar refractivity (Wildman–Crippen MR) is 66.8 cm³/mol. The molecule has 6 heteroatoms. The lowest BCUT2D eigenvalue weighted by Crippen LogP contribution is -2.22. The summed E-state index contributed by atoms with van der Waals surface area (Å²) in [5.41, 5.74) is 0.985. The molecule has 0 amide bonds. The van der Waals surface area contributed by atoms with Gasteiger partial charge in [-0.05, 0) is 6.42 Å². The van der Waals surface area contributed by atoms with E-state index in [1.807, 2.05) is 41.9 Å². The number of rotatable bonds is 5. The van der Waals surface area contributed by atoms with Gasteiger partial charge < -0.3 is 14.5 Å². The van der Waals surface area contributed by atoms with Crippen molar-refractivity contribution in [3.63, 3.8) is 0 Å². The van der Waals surface area contributed by atoms with Gasteiger partial charge in [0.1, 0.15) is 0 Å². The first-order chi connectivity index (χ1) is 8.68. The van der Waals surface area contributed by atoms with Gasteiger partial charge in [0, 0.05) is 24.3 Å². The highest BCUT2D eigenvalue weighted by Gasteiger charge is 2.10. The average Bonchev–Trinajstić information content (AvgIpc) is 2.72. The highest BCUT2D eigenvalue weighted by molar-refractivity contribution is 7.99. The van der Waals surface area contributed by atoms with Crippen molar-refractivity contribution in [1.82, 2.24) is 14.8 Å². The summed E-state index contributed by atoms with van der Waals surface area (Å²) in [6, 6.07) is 9.73. The Labute approximate surface area is 109 Å². The minimum Gasteiger partial charge on any atom is -0.550 e. The van der Waals surface area contributed by atoms with Crippen LogP contribution in [0.4, 0.5) is 0 Å². The highest BCUT2D eigenvalue weighted by Crippen LogP contribution is 2.22. The molecular weight excluding hydrogens is 250 g/mol. The Morgan fingerprint density at radius 3 is 2.72 bits per heavy atom. The molecule has 5 nitrogen and oxygen atoms in total. The second-order valence-electron chi connectivity index (χ2n) is 3.70. The summed E-state index contributed by atoms with van der Waals surface area (Å²) >= 11 is 1.36. The van der Waals surface area contributed by atoms with Crippen molar-refractivity contribution in [2.45, 2.75) is 11.6 Å². The fraction of sp³-hybridized carbons (Fsp3) is 0.250. The molecule has 0 saturated carbocycles. The lowest BCUT2D eigenvalue weighted by Gasteiger charge is -2.04. The Kier molecular flexibility index (Phi) is 3.99. The van der Waals surface area contributed by atoms with Crippen molar-refractivity contribution in [2.24, 2.45) is 7.05 Å². The van der Waals surface area contributed by atoms with Crippen molar-refractivity contribution in [2.75, 3.05) is 5.75 Å². The van der Waals surface area contributed by atoms with Crippen molar-refractivity contribution in [3.05, 3.63) is 30.3 Å². The molecule has 1 aromatic heterocycles. The van der Waals surface area contributed by atoms with Gasteiger partial charge >= 0.3 is 0 Å². The van der Waals surface area contributed by atoms with Crippen LogP contribution in [0.5, 0.6) is 0 Å². The number of aromatic nitrogens is 3. The molecule has 0 spiro atoms. The fourth-order valence-electron chi connectivity index (χ4n) is 1.50. The summed E-state index contributed by atoms with van der Waals surface area (Å²) in [5.74, 6) is 0.155. The molecule has 0 atom stereocenters. The van der Waals surface area contributed by atoms with Crippen molar-refractivity contribution < 1.29 is 9.90 Å². The molecule has 0 aliphatic carbocycles. The van der Waals surface area contributed by atoms with E-state index >= 15 is 0 Å². The van der Waals surface area contributed by atoms with Crippen LogP contribution in [0.25, 0.3) is 11.4 Å². The molecule has 0 radical (unpaired) electrons. The van der Waals surface area contributed by atoms with E-state index in [-0.39, 0.29) is 6.42 Å². The molecule has 2 rings (SSSR count). The molecule has 0 aliphatic heterocycles. The molecule has 0 aliphatic rings. The van der Waals surface area contributed by atoms with E-state index in [0.717, 1.165) is 11.4 Å². The fourth-order valence-corrected chi connectivity index (χ4v) is 2.33. The van der Waals surface area contributed by atoms with Gasteiger partial charge in [-0.25, -0.2) is 0 Å². The minimum atomic E-state index is -1.05. The number of carbonyl (C=O) groups is 1. The van der Waals surface area contributed by atoms with Crippen molar-refractivity contribution in [3.8, 4) is 11.4 Å². The quantitative estimate of drug-likeness (QED) is 0.742. The molecule has 0 fully saturated rings. The standard InChI is InChI=1S/C12H13N3O2S/c1-15-11(9-5-3-2-4-6-9)13-14-12(15)18-8-7-10(16)17/h2-6H,7-8H2,1H3,(H,16,17)/p-1. The van der Waals surface area contributed by atoms with Crippen LogP contribution in [0.2, 0.25) is 0 Å². The first kappa shape index (κ1) is 12.6. The van der Waals surface area contributed by atoms with Crippen LogP contribution in [0, 0.1) is 0 Å². The van der Waals surface area contributed by atoms with Gasteiger partial charge in [-0.2, -0.15) is 0 Å². The summed E-state index contributed by atoms with van der Waals surface area (Å²) in [5, 5.41) is 19.2. The van der Waals surface area contributed by atoms with E-state index in [1.165, 1.54) is 11.8 Å². The van der Waals surface area contributed by atoms with Gasteiger partial charge in [0.05, 0.1) is 0 Å². The van der Waals surface area contributed by atoms with Gasteiger partial charge in [0.15, 0.2) is 11.0 Å². The zero-order valence-corrected chi connectivity index (χ0v) is 10.7. The lowest BCUT2D eigenvalue weighted by atomic mass is 10.2. The van der Waals surface area contributed by atoms with E-state index in [0.29, 0.717) is 10.9 Å². The van der Waals surface area contributed by atoms with Gasteiger partial charge in [-0.1, -0.05) is 42.1 Å². The van der Waals surface area contributed by atoms with Crippen molar-refractivity contribution in [1.29, 1.82) is 0 Å². The third kappa shape index (κ3) is 2.89. The van der Waals surface area contributed by atoms with E-state index in [9.17, 15) is 9.90 Å². The number of carboxylic acid groups (broad SMARTS) is 1. The topological polar surface area (TPSA) is 70.8 Å². The summed E-state index contributed by atoms with van der Waals surface area (Å²) < 4.78 is 1.86. The molecular formula is C12H12N3O2S-. The predicted octanol–water partition coefficient (Wildman–Crippen LogP) is 0.714. The number of carbonyl (C=O) groups excluding carboxylic acids is 1. The van der Waals surface area contributed by atoms with E-state index in [2.05, 4.69) is 10.2 Å². The molecule has 2 aromatic rings. The van der Waals surface area contributed by atoms with E-state index in [1.54, 1.807) is 0 Å². The Morgan fingerprint density at radius 2 is 2.06 bits per heavy atom. The van der Waals surface area contributed by atoms with Gasteiger partial charge in [0.25, 0.3) is 0 Å². The first-order valence-electron chi connectivity index (χ1n) is 5.46. The summed E-state index contributed by atoms with van der Waals surface area (Å²) in [7, 11) is 1.86. The van der Waals surface area contributed by atoms with Crippen LogP contribution in [0.1, 0.15) is 6.42 Å². The molecule has 0 bridgehead atoms. The smallest absolute Gasteiger partial charge is 0.191 e. The van der Waals surface area contributed by atoms with Crippen LogP contribution >= 0.6 is 11.8 Å². The Bertz CT molecular complexity index is 540. The summed E-state index contributed by atoms with van der Waals surface area (Å²) in [4.78, 5) is 10.3. The third-order valence-corrected chi connectivity index (χ3v) is 3.43. The Hall–Kier alpha value is -1.82. The van der Waals surface area contributed by atoms with Crippen LogP contribution in [0.3, 0.4) is 0 Å². The number of aliphatic carboxylic acids is 1. The highest BCUT2D eigenvalue weighted by atomic mass is 32.2. The monoisotopic (exact) mass is 262 g/mol. The molecule has 18 heavy (non-hydrogen) atoms. The molecule has 0 unspecified atom stereocenters. The first-order valence-corrected chi connectivity index (χ1v) is 6.44. The second-order valence-corrected chi connectivity index (χ2v) is 4.76. The largest absolute Gasteiger partial charge is 0.550 e. The van der Waals surface area contributed by atoms with Crippen LogP contribution in [-0.2, 0) is 11.8 Å². The van der Waals surface area contributed by atoms with E-state index < -0.39 is 5.97 Å². The van der Waals surface area contributed by atoms with Gasteiger partial charge in [0.2, 0.25) is 0 Å². The molecule has 0 N–H and O–H groups in total. The maximum absolute atomic E-state index is 10.3. The number of carboxylic acids is 1. The second kappa shape index (κ2) is 5.68. The lowest BCUT2D eigenvalue weighted by molar-refractivity contribution is -0.305. The maximum atomic E-state index is 10.3. The number of benzene rings is 1. The molecule has 94 valence electrons. The van der Waals surface area contributed by atoms with Crippen LogP contribution in [0.15, 0.2) is 35.5 Å². The zero-order valence-electron chi connectivity index (χ0n) is 9.87. The number of nitrogens with zero attached hydrogens (tertiary/aromatic N) is 3. The summed E-state index contributed by atoms with van der Waals surface area (Å²) in [6.45, 7) is 0. The van der Waals surface area contributed by atoms with Gasteiger partial charge in [-0.15, -0.1) is 10.2 Å². The van der Waals surface area contributed by atoms with Crippen LogP contribution in [-0.4, -0.2) is 26.5 Å². The number of thioether (sulfide) groups is 1. The van der Waals surface area contributed by atoms with E-state index in [4.69, 9.17) is 0 Å². The average molecular weight is 262 g/mol. The Balaban J connectivity index is 2.12. The maximum Gasteiger partial charge on any atom is 0.191 e. The zero-order chi connectivity index (χ0) is 13.0. The third-order valence-electron chi connectivity index (χ3n) is 2.40. The summed E-state index contributed by atoms with van der Waals surface area (Å²) in [6.07, 6.45) is 0.0121. The molecule has 0 saturated heterocycles. The number of hydrogen-bond acceptors (Lipinski definition) is 5. The molecule has 1 heterocycles. The Morgan fingerprint density at radius 1 is 1.33 bits per heavy atom.